The van der Waals surface area contributed by atoms with Crippen LogP contribution in [0.25, 0.3) is 0 Å². The summed E-state index contributed by atoms with van der Waals surface area (Å²) in [5.41, 5.74) is 1.55. The van der Waals surface area contributed by atoms with Crippen molar-refractivity contribution < 1.29 is 4.74 Å². The molecule has 1 fully saturated rings. The average molecular weight is 290 g/mol. The Balaban J connectivity index is 2.04. The predicted octanol–water partition coefficient (Wildman–Crippen LogP) is 3.01. The lowest BCUT2D eigenvalue weighted by atomic mass is 9.85. The lowest BCUT2D eigenvalue weighted by Gasteiger charge is -2.51. The van der Waals surface area contributed by atoms with Crippen molar-refractivity contribution in [1.82, 2.24) is 10.2 Å². The maximum atomic E-state index is 5.69. The summed E-state index contributed by atoms with van der Waals surface area (Å²) < 4.78 is 5.69. The summed E-state index contributed by atoms with van der Waals surface area (Å²) in [6, 6.07) is 10.8. The summed E-state index contributed by atoms with van der Waals surface area (Å²) in [6.45, 7) is 13.8. The smallest absolute Gasteiger partial charge is 0.0593 e. The predicted molar refractivity (Wildman–Crippen MR) is 88.6 cm³/mol. The Morgan fingerprint density at radius 2 is 1.86 bits per heavy atom. The molecule has 0 saturated carbocycles. The van der Waals surface area contributed by atoms with Gasteiger partial charge in [-0.25, -0.2) is 0 Å². The van der Waals surface area contributed by atoms with E-state index in [1.165, 1.54) is 5.56 Å². The van der Waals surface area contributed by atoms with E-state index in [-0.39, 0.29) is 11.1 Å². The molecule has 1 unspecified atom stereocenters. The van der Waals surface area contributed by atoms with E-state index < -0.39 is 0 Å². The van der Waals surface area contributed by atoms with Gasteiger partial charge in [0.2, 0.25) is 0 Å². The second-order valence-electron chi connectivity index (χ2n) is 6.90. The molecule has 0 aromatic heterocycles. The van der Waals surface area contributed by atoms with E-state index in [1.807, 2.05) is 0 Å². The fraction of sp³-hybridized carbons (Fsp3) is 0.667. The zero-order valence-corrected chi connectivity index (χ0v) is 14.0. The summed E-state index contributed by atoms with van der Waals surface area (Å²) >= 11 is 0. The van der Waals surface area contributed by atoms with Gasteiger partial charge in [-0.2, -0.15) is 0 Å². The highest BCUT2D eigenvalue weighted by atomic mass is 16.5. The van der Waals surface area contributed by atoms with Crippen molar-refractivity contribution in [2.24, 2.45) is 0 Å². The molecule has 118 valence electrons. The maximum Gasteiger partial charge on any atom is 0.0593 e. The Labute approximate surface area is 129 Å². The van der Waals surface area contributed by atoms with Crippen molar-refractivity contribution in [1.29, 1.82) is 0 Å². The van der Waals surface area contributed by atoms with E-state index in [9.17, 15) is 0 Å². The first-order valence-corrected chi connectivity index (χ1v) is 8.11. The van der Waals surface area contributed by atoms with Crippen molar-refractivity contribution in [3.05, 3.63) is 35.9 Å². The third-order valence-electron chi connectivity index (χ3n) is 4.54. The molecule has 1 heterocycles. The lowest BCUT2D eigenvalue weighted by Crippen LogP contribution is -2.66. The summed E-state index contributed by atoms with van der Waals surface area (Å²) in [5.74, 6) is 0. The first kappa shape index (κ1) is 16.5. The molecular formula is C18H30N2O. The Kier molecular flexibility index (Phi) is 5.42. The van der Waals surface area contributed by atoms with E-state index in [2.05, 4.69) is 68.2 Å². The van der Waals surface area contributed by atoms with Gasteiger partial charge in [0, 0.05) is 31.8 Å². The van der Waals surface area contributed by atoms with Crippen molar-refractivity contribution in [3.8, 4) is 0 Å². The highest BCUT2D eigenvalue weighted by Crippen LogP contribution is 2.30. The maximum absolute atomic E-state index is 5.69. The summed E-state index contributed by atoms with van der Waals surface area (Å²) in [7, 11) is 0. The van der Waals surface area contributed by atoms with Crippen LogP contribution < -0.4 is 5.32 Å². The van der Waals surface area contributed by atoms with Gasteiger partial charge in [-0.15, -0.1) is 0 Å². The van der Waals surface area contributed by atoms with E-state index in [1.54, 1.807) is 0 Å². The minimum absolute atomic E-state index is 0.0154. The van der Waals surface area contributed by atoms with Crippen molar-refractivity contribution in [3.63, 3.8) is 0 Å². The number of piperazine rings is 1. The van der Waals surface area contributed by atoms with E-state index >= 15 is 0 Å². The highest BCUT2D eigenvalue weighted by molar-refractivity contribution is 5.25. The number of rotatable bonds is 6. The molecule has 21 heavy (non-hydrogen) atoms. The molecule has 0 bridgehead atoms. The van der Waals surface area contributed by atoms with Crippen LogP contribution in [0.15, 0.2) is 30.3 Å². The molecule has 1 aliphatic heterocycles. The molecule has 1 saturated heterocycles. The van der Waals surface area contributed by atoms with Crippen LogP contribution in [-0.4, -0.2) is 43.3 Å². The van der Waals surface area contributed by atoms with Crippen LogP contribution in [0.4, 0.5) is 0 Å². The zero-order valence-electron chi connectivity index (χ0n) is 14.0. The molecule has 0 amide bonds. The van der Waals surface area contributed by atoms with Gasteiger partial charge in [0.1, 0.15) is 0 Å². The molecule has 3 nitrogen and oxygen atoms in total. The Morgan fingerprint density at radius 3 is 2.52 bits per heavy atom. The van der Waals surface area contributed by atoms with Crippen LogP contribution in [0.5, 0.6) is 0 Å². The number of ether oxygens (including phenoxy) is 1. The van der Waals surface area contributed by atoms with Crippen molar-refractivity contribution in [2.45, 2.75) is 45.2 Å². The summed E-state index contributed by atoms with van der Waals surface area (Å²) in [5, 5.41) is 3.75. The van der Waals surface area contributed by atoms with Crippen LogP contribution >= 0.6 is 0 Å². The minimum atomic E-state index is 0.0154. The zero-order chi connectivity index (χ0) is 15.3. The van der Waals surface area contributed by atoms with Crippen LogP contribution in [0, 0.1) is 0 Å². The molecule has 1 atom stereocenters. The topological polar surface area (TPSA) is 24.5 Å². The standard InChI is InChI=1S/C18H30N2O/c1-5-12-21-13-11-20-15-18(4,19-14-17(20,2)3)16-9-7-6-8-10-16/h6-10,19H,5,11-15H2,1-4H3. The van der Waals surface area contributed by atoms with Crippen LogP contribution in [0.1, 0.15) is 39.7 Å². The fourth-order valence-corrected chi connectivity index (χ4v) is 2.98. The first-order chi connectivity index (χ1) is 9.98. The van der Waals surface area contributed by atoms with E-state index in [0.717, 1.165) is 39.3 Å². The molecule has 1 aliphatic rings. The minimum Gasteiger partial charge on any atom is -0.380 e. The molecule has 0 spiro atoms. The summed E-state index contributed by atoms with van der Waals surface area (Å²) in [6.07, 6.45) is 1.09. The van der Waals surface area contributed by atoms with Gasteiger partial charge < -0.3 is 10.1 Å². The van der Waals surface area contributed by atoms with Crippen LogP contribution in [-0.2, 0) is 10.3 Å². The second-order valence-corrected chi connectivity index (χ2v) is 6.90. The van der Waals surface area contributed by atoms with Crippen molar-refractivity contribution in [2.75, 3.05) is 32.8 Å². The van der Waals surface area contributed by atoms with Crippen LogP contribution in [0.3, 0.4) is 0 Å². The molecule has 3 heteroatoms. The van der Waals surface area contributed by atoms with Gasteiger partial charge in [-0.05, 0) is 32.8 Å². The number of nitrogens with one attached hydrogen (secondary N) is 1. The molecule has 0 radical (unpaired) electrons. The normalized spacial score (nSPS) is 25.9. The average Bonchev–Trinajstić information content (AvgIpc) is 2.48. The molecule has 2 rings (SSSR count). The van der Waals surface area contributed by atoms with Gasteiger partial charge in [-0.3, -0.25) is 4.90 Å². The Morgan fingerprint density at radius 1 is 1.14 bits per heavy atom. The second kappa shape index (κ2) is 6.91. The molecule has 0 aliphatic carbocycles. The monoisotopic (exact) mass is 290 g/mol. The quantitative estimate of drug-likeness (QED) is 0.815. The fourth-order valence-electron chi connectivity index (χ4n) is 2.98. The number of hydrogen-bond donors (Lipinski definition) is 1. The molecule has 1 aromatic carbocycles. The first-order valence-electron chi connectivity index (χ1n) is 8.11. The van der Waals surface area contributed by atoms with Gasteiger partial charge in [0.25, 0.3) is 0 Å². The number of nitrogens with zero attached hydrogens (tertiary/aromatic N) is 1. The lowest BCUT2D eigenvalue weighted by molar-refractivity contribution is 0.00517. The highest BCUT2D eigenvalue weighted by Gasteiger charge is 2.40. The number of hydrogen-bond acceptors (Lipinski definition) is 3. The Bertz CT molecular complexity index is 432. The van der Waals surface area contributed by atoms with Gasteiger partial charge in [0.15, 0.2) is 0 Å². The SMILES string of the molecule is CCCOCCN1CC(C)(c2ccccc2)NCC1(C)C. The molecule has 1 N–H and O–H groups in total. The van der Waals surface area contributed by atoms with Gasteiger partial charge in [-0.1, -0.05) is 37.3 Å². The van der Waals surface area contributed by atoms with Crippen molar-refractivity contribution >= 4 is 0 Å². The summed E-state index contributed by atoms with van der Waals surface area (Å²) in [4.78, 5) is 2.56. The largest absolute Gasteiger partial charge is 0.380 e. The number of benzene rings is 1. The van der Waals surface area contributed by atoms with Gasteiger partial charge in [0.05, 0.1) is 12.1 Å². The van der Waals surface area contributed by atoms with E-state index in [4.69, 9.17) is 4.74 Å². The van der Waals surface area contributed by atoms with Crippen LogP contribution in [0.2, 0.25) is 0 Å². The molecule has 1 aromatic rings. The van der Waals surface area contributed by atoms with E-state index in [0.29, 0.717) is 0 Å². The third-order valence-corrected chi connectivity index (χ3v) is 4.54. The third kappa shape index (κ3) is 4.06. The molecular weight excluding hydrogens is 260 g/mol. The van der Waals surface area contributed by atoms with Gasteiger partial charge >= 0.3 is 0 Å². The Hall–Kier alpha value is -0.900.